The molecule has 2 N–H and O–H groups in total. The standard InChI is InChI=1S/C17H21N5O3S/c1-3-8-26-17-21-20-14(9-11-10-15(23)19-16(24)18-11)22(17)12-4-6-13(25-2)7-5-12/h4-7,11H,3,8-10H2,1-2H3,(H2,18,19,23,24). The monoisotopic (exact) mass is 375 g/mol. The van der Waals surface area contributed by atoms with Gasteiger partial charge in [0.05, 0.1) is 7.11 Å². The average molecular weight is 375 g/mol. The largest absolute Gasteiger partial charge is 0.497 e. The molecule has 0 bridgehead atoms. The van der Waals surface area contributed by atoms with Crippen LogP contribution in [-0.4, -0.2) is 45.6 Å². The number of aromatic nitrogens is 3. The topological polar surface area (TPSA) is 98.1 Å². The fraction of sp³-hybridized carbons (Fsp3) is 0.412. The van der Waals surface area contributed by atoms with Crippen LogP contribution in [0.1, 0.15) is 25.6 Å². The Morgan fingerprint density at radius 3 is 2.69 bits per heavy atom. The molecular formula is C17H21N5O3S. The number of carbonyl (C=O) groups is 2. The number of amides is 3. The quantitative estimate of drug-likeness (QED) is 0.718. The van der Waals surface area contributed by atoms with E-state index < -0.39 is 6.03 Å². The Hall–Kier alpha value is -2.55. The van der Waals surface area contributed by atoms with Crippen LogP contribution in [-0.2, 0) is 11.2 Å². The second-order valence-corrected chi connectivity index (χ2v) is 6.97. The molecule has 26 heavy (non-hydrogen) atoms. The molecule has 0 spiro atoms. The van der Waals surface area contributed by atoms with E-state index in [-0.39, 0.29) is 18.4 Å². The first-order valence-electron chi connectivity index (χ1n) is 8.42. The number of imide groups is 1. The van der Waals surface area contributed by atoms with Gasteiger partial charge in [0.2, 0.25) is 5.91 Å². The zero-order chi connectivity index (χ0) is 18.5. The zero-order valence-corrected chi connectivity index (χ0v) is 15.5. The summed E-state index contributed by atoms with van der Waals surface area (Å²) in [4.78, 5) is 23.2. The van der Waals surface area contributed by atoms with Crippen molar-refractivity contribution in [3.63, 3.8) is 0 Å². The zero-order valence-electron chi connectivity index (χ0n) is 14.7. The normalized spacial score (nSPS) is 16.9. The Balaban J connectivity index is 1.90. The highest BCUT2D eigenvalue weighted by atomic mass is 32.2. The third kappa shape index (κ3) is 4.16. The number of methoxy groups -OCH3 is 1. The first-order chi connectivity index (χ1) is 12.6. The van der Waals surface area contributed by atoms with E-state index in [1.54, 1.807) is 18.9 Å². The number of ether oxygens (including phenoxy) is 1. The van der Waals surface area contributed by atoms with Crippen LogP contribution in [0.3, 0.4) is 0 Å². The van der Waals surface area contributed by atoms with Gasteiger partial charge >= 0.3 is 6.03 Å². The fourth-order valence-corrected chi connectivity index (χ4v) is 3.55. The number of thioether (sulfide) groups is 1. The molecule has 1 unspecified atom stereocenters. The van der Waals surface area contributed by atoms with E-state index in [0.29, 0.717) is 12.2 Å². The molecule has 0 saturated carbocycles. The highest BCUT2D eigenvalue weighted by Crippen LogP contribution is 2.25. The smallest absolute Gasteiger partial charge is 0.321 e. The number of hydrogen-bond donors (Lipinski definition) is 2. The molecule has 1 aromatic carbocycles. The number of benzene rings is 1. The Kier molecular flexibility index (Phi) is 5.77. The number of rotatable bonds is 7. The third-order valence-electron chi connectivity index (χ3n) is 3.92. The molecule has 8 nitrogen and oxygen atoms in total. The minimum atomic E-state index is -0.470. The van der Waals surface area contributed by atoms with Gasteiger partial charge in [0.15, 0.2) is 5.16 Å². The van der Waals surface area contributed by atoms with Crippen LogP contribution in [0.25, 0.3) is 5.69 Å². The summed E-state index contributed by atoms with van der Waals surface area (Å²) in [5, 5.41) is 14.4. The summed E-state index contributed by atoms with van der Waals surface area (Å²) in [6.45, 7) is 2.11. The summed E-state index contributed by atoms with van der Waals surface area (Å²) >= 11 is 1.63. The van der Waals surface area contributed by atoms with Crippen molar-refractivity contribution in [3.05, 3.63) is 30.1 Å². The van der Waals surface area contributed by atoms with Crippen molar-refractivity contribution in [1.29, 1.82) is 0 Å². The lowest BCUT2D eigenvalue weighted by Crippen LogP contribution is -2.53. The van der Waals surface area contributed by atoms with Gasteiger partial charge in [0.25, 0.3) is 0 Å². The molecule has 2 aromatic rings. The van der Waals surface area contributed by atoms with Crippen molar-refractivity contribution in [2.24, 2.45) is 0 Å². The van der Waals surface area contributed by atoms with E-state index >= 15 is 0 Å². The van der Waals surface area contributed by atoms with Crippen LogP contribution in [0.4, 0.5) is 4.79 Å². The van der Waals surface area contributed by atoms with Crippen LogP contribution in [0.5, 0.6) is 5.75 Å². The molecule has 1 aliphatic rings. The molecule has 138 valence electrons. The first kappa shape index (κ1) is 18.2. The predicted octanol–water partition coefficient (Wildman–Crippen LogP) is 1.92. The Bertz CT molecular complexity index is 774. The Morgan fingerprint density at radius 2 is 2.04 bits per heavy atom. The van der Waals surface area contributed by atoms with Gasteiger partial charge in [0, 0.05) is 30.3 Å². The maximum atomic E-state index is 11.6. The number of carbonyl (C=O) groups excluding carboxylic acids is 2. The van der Waals surface area contributed by atoms with Gasteiger partial charge in [-0.25, -0.2) is 4.79 Å². The van der Waals surface area contributed by atoms with Gasteiger partial charge in [-0.2, -0.15) is 0 Å². The molecule has 1 fully saturated rings. The number of urea groups is 1. The lowest BCUT2D eigenvalue weighted by Gasteiger charge is -2.23. The maximum Gasteiger partial charge on any atom is 0.321 e. The van der Waals surface area contributed by atoms with Gasteiger partial charge in [-0.1, -0.05) is 18.7 Å². The molecule has 2 heterocycles. The average Bonchev–Trinajstić information content (AvgIpc) is 3.01. The highest BCUT2D eigenvalue weighted by Gasteiger charge is 2.26. The predicted molar refractivity (Wildman–Crippen MR) is 97.7 cm³/mol. The molecule has 0 aliphatic carbocycles. The van der Waals surface area contributed by atoms with Crippen molar-refractivity contribution < 1.29 is 14.3 Å². The summed E-state index contributed by atoms with van der Waals surface area (Å²) in [6.07, 6.45) is 1.66. The van der Waals surface area contributed by atoms with Crippen LogP contribution >= 0.6 is 11.8 Å². The van der Waals surface area contributed by atoms with E-state index in [4.69, 9.17) is 4.74 Å². The van der Waals surface area contributed by atoms with Gasteiger partial charge < -0.3 is 10.1 Å². The van der Waals surface area contributed by atoms with Gasteiger partial charge in [-0.3, -0.25) is 14.7 Å². The van der Waals surface area contributed by atoms with E-state index in [1.807, 2.05) is 28.8 Å². The SMILES string of the molecule is CCCSc1nnc(CC2CC(=O)NC(=O)N2)n1-c1ccc(OC)cc1. The molecule has 1 aliphatic heterocycles. The minimum absolute atomic E-state index is 0.221. The van der Waals surface area contributed by atoms with E-state index in [9.17, 15) is 9.59 Å². The molecule has 3 amide bonds. The number of nitrogens with one attached hydrogen (secondary N) is 2. The van der Waals surface area contributed by atoms with Crippen molar-refractivity contribution in [2.75, 3.05) is 12.9 Å². The van der Waals surface area contributed by atoms with Gasteiger partial charge in [0.1, 0.15) is 11.6 Å². The van der Waals surface area contributed by atoms with Crippen LogP contribution < -0.4 is 15.4 Å². The molecule has 1 saturated heterocycles. The van der Waals surface area contributed by atoms with Crippen molar-refractivity contribution in [2.45, 2.75) is 37.4 Å². The van der Waals surface area contributed by atoms with E-state index in [1.165, 1.54) is 0 Å². The molecule has 0 radical (unpaired) electrons. The summed E-state index contributed by atoms with van der Waals surface area (Å²) in [7, 11) is 1.62. The highest BCUT2D eigenvalue weighted by molar-refractivity contribution is 7.99. The van der Waals surface area contributed by atoms with E-state index in [2.05, 4.69) is 27.8 Å². The summed E-state index contributed by atoms with van der Waals surface area (Å²) in [5.41, 5.74) is 0.913. The second-order valence-electron chi connectivity index (χ2n) is 5.91. The van der Waals surface area contributed by atoms with Crippen molar-refractivity contribution in [1.82, 2.24) is 25.4 Å². The Labute approximate surface area is 155 Å². The molecule has 3 rings (SSSR count). The molecule has 1 atom stereocenters. The van der Waals surface area contributed by atoms with Crippen molar-refractivity contribution >= 4 is 23.7 Å². The second kappa shape index (κ2) is 8.22. The fourth-order valence-electron chi connectivity index (χ4n) is 2.73. The molecule has 9 heteroatoms. The van der Waals surface area contributed by atoms with Crippen LogP contribution in [0.2, 0.25) is 0 Å². The molecule has 1 aromatic heterocycles. The van der Waals surface area contributed by atoms with E-state index in [0.717, 1.165) is 28.8 Å². The van der Waals surface area contributed by atoms with Crippen molar-refractivity contribution in [3.8, 4) is 11.4 Å². The van der Waals surface area contributed by atoms with Gasteiger partial charge in [-0.15, -0.1) is 10.2 Å². The summed E-state index contributed by atoms with van der Waals surface area (Å²) in [6, 6.07) is 6.86. The summed E-state index contributed by atoms with van der Waals surface area (Å²) in [5.74, 6) is 2.11. The van der Waals surface area contributed by atoms with Gasteiger partial charge in [-0.05, 0) is 30.7 Å². The first-order valence-corrected chi connectivity index (χ1v) is 9.41. The lowest BCUT2D eigenvalue weighted by atomic mass is 10.1. The third-order valence-corrected chi connectivity index (χ3v) is 5.05. The Morgan fingerprint density at radius 1 is 1.27 bits per heavy atom. The maximum absolute atomic E-state index is 11.6. The van der Waals surface area contributed by atoms with Crippen LogP contribution in [0, 0.1) is 0 Å². The van der Waals surface area contributed by atoms with Crippen LogP contribution in [0.15, 0.2) is 29.4 Å². The number of nitrogens with zero attached hydrogens (tertiary/aromatic N) is 3. The lowest BCUT2D eigenvalue weighted by molar-refractivity contribution is -0.121. The minimum Gasteiger partial charge on any atom is -0.497 e. The number of hydrogen-bond acceptors (Lipinski definition) is 6. The summed E-state index contributed by atoms with van der Waals surface area (Å²) < 4.78 is 7.19. The molecular weight excluding hydrogens is 354 g/mol.